The van der Waals surface area contributed by atoms with E-state index < -0.39 is 0 Å². The van der Waals surface area contributed by atoms with Crippen LogP contribution in [0, 0.1) is 0 Å². The van der Waals surface area contributed by atoms with Crippen LogP contribution in [0.5, 0.6) is 5.75 Å². The third-order valence-corrected chi connectivity index (χ3v) is 4.34. The van der Waals surface area contributed by atoms with Gasteiger partial charge in [-0.25, -0.2) is 0 Å². The van der Waals surface area contributed by atoms with Crippen molar-refractivity contribution in [3.63, 3.8) is 0 Å². The summed E-state index contributed by atoms with van der Waals surface area (Å²) in [7, 11) is 1.62. The van der Waals surface area contributed by atoms with Crippen molar-refractivity contribution in [2.24, 2.45) is 0 Å². The summed E-state index contributed by atoms with van der Waals surface area (Å²) in [5.41, 5.74) is 0.909. The number of amides is 1. The highest BCUT2D eigenvalue weighted by atomic mass is 35.5. The largest absolute Gasteiger partial charge is 0.496 e. The van der Waals surface area contributed by atoms with Crippen LogP contribution in [0.15, 0.2) is 24.3 Å². The topological polar surface area (TPSA) is 38.3 Å². The molecule has 0 aliphatic heterocycles. The minimum atomic E-state index is 0.0204. The van der Waals surface area contributed by atoms with Gasteiger partial charge in [-0.1, -0.05) is 37.5 Å². The standard InChI is InChI=1S/C16H22ClNO2/c1-20-15-10-6-5-7-12(15)11-16(19)18-14-9-4-2-3-8-13(14)17/h5-7,10,13-14H,2-4,8-9,11H2,1H3,(H,18,19). The number of nitrogens with one attached hydrogen (secondary N) is 1. The number of alkyl halides is 1. The van der Waals surface area contributed by atoms with E-state index in [1.54, 1.807) is 7.11 Å². The molecule has 0 heterocycles. The fraction of sp³-hybridized carbons (Fsp3) is 0.562. The maximum atomic E-state index is 12.2. The third-order valence-electron chi connectivity index (χ3n) is 3.82. The molecule has 1 aliphatic rings. The van der Waals surface area contributed by atoms with E-state index in [0.29, 0.717) is 6.42 Å². The van der Waals surface area contributed by atoms with Crippen LogP contribution in [0.2, 0.25) is 0 Å². The number of para-hydroxylation sites is 1. The van der Waals surface area contributed by atoms with Gasteiger partial charge in [0.1, 0.15) is 5.75 Å². The monoisotopic (exact) mass is 295 g/mol. The van der Waals surface area contributed by atoms with E-state index in [4.69, 9.17) is 16.3 Å². The van der Waals surface area contributed by atoms with Crippen molar-refractivity contribution in [1.29, 1.82) is 0 Å². The molecule has 1 N–H and O–H groups in total. The zero-order valence-electron chi connectivity index (χ0n) is 11.9. The maximum Gasteiger partial charge on any atom is 0.224 e. The zero-order chi connectivity index (χ0) is 14.4. The lowest BCUT2D eigenvalue weighted by Crippen LogP contribution is -2.41. The number of benzene rings is 1. The molecular formula is C16H22ClNO2. The van der Waals surface area contributed by atoms with E-state index >= 15 is 0 Å². The molecule has 0 radical (unpaired) electrons. The third kappa shape index (κ3) is 4.14. The summed E-state index contributed by atoms with van der Waals surface area (Å²) in [5, 5.41) is 3.14. The lowest BCUT2D eigenvalue weighted by molar-refractivity contribution is -0.121. The lowest BCUT2D eigenvalue weighted by atomic mass is 10.1. The molecule has 110 valence electrons. The summed E-state index contributed by atoms with van der Waals surface area (Å²) < 4.78 is 5.27. The maximum absolute atomic E-state index is 12.2. The van der Waals surface area contributed by atoms with Gasteiger partial charge in [-0.05, 0) is 18.9 Å². The molecule has 1 aromatic carbocycles. The molecule has 0 aromatic heterocycles. The van der Waals surface area contributed by atoms with Crippen molar-refractivity contribution in [3.05, 3.63) is 29.8 Å². The molecule has 1 amide bonds. The number of rotatable bonds is 4. The first-order valence-corrected chi connectivity index (χ1v) is 7.69. The molecule has 0 saturated heterocycles. The van der Waals surface area contributed by atoms with Gasteiger partial charge in [0.2, 0.25) is 5.91 Å². The number of methoxy groups -OCH3 is 1. The minimum absolute atomic E-state index is 0.0204. The Morgan fingerprint density at radius 3 is 2.85 bits per heavy atom. The Bertz CT molecular complexity index is 450. The van der Waals surface area contributed by atoms with Gasteiger partial charge in [0.05, 0.1) is 18.9 Å². The molecule has 2 rings (SSSR count). The number of halogens is 1. The van der Waals surface area contributed by atoms with Gasteiger partial charge in [-0.2, -0.15) is 0 Å². The van der Waals surface area contributed by atoms with Crippen molar-refractivity contribution in [3.8, 4) is 5.75 Å². The van der Waals surface area contributed by atoms with Gasteiger partial charge in [0, 0.05) is 11.6 Å². The number of carbonyl (C=O) groups is 1. The van der Waals surface area contributed by atoms with Gasteiger partial charge in [0.15, 0.2) is 0 Å². The van der Waals surface area contributed by atoms with E-state index in [0.717, 1.165) is 37.0 Å². The number of hydrogen-bond acceptors (Lipinski definition) is 2. The van der Waals surface area contributed by atoms with E-state index in [1.807, 2.05) is 24.3 Å². The number of hydrogen-bond donors (Lipinski definition) is 1. The summed E-state index contributed by atoms with van der Waals surface area (Å²) in [6.45, 7) is 0. The van der Waals surface area contributed by atoms with Crippen LogP contribution < -0.4 is 10.1 Å². The molecule has 4 heteroatoms. The summed E-state index contributed by atoms with van der Waals surface area (Å²) in [5.74, 6) is 0.776. The van der Waals surface area contributed by atoms with Gasteiger partial charge in [-0.3, -0.25) is 4.79 Å². The average molecular weight is 296 g/mol. The molecule has 1 aliphatic carbocycles. The molecule has 1 saturated carbocycles. The van der Waals surface area contributed by atoms with Crippen molar-refractivity contribution < 1.29 is 9.53 Å². The quantitative estimate of drug-likeness (QED) is 0.684. The molecule has 0 spiro atoms. The zero-order valence-corrected chi connectivity index (χ0v) is 12.7. The average Bonchev–Trinajstić information content (AvgIpc) is 2.65. The van der Waals surface area contributed by atoms with Crippen LogP contribution in [0.25, 0.3) is 0 Å². The molecule has 0 bridgehead atoms. The fourth-order valence-corrected chi connectivity index (χ4v) is 3.05. The SMILES string of the molecule is COc1ccccc1CC(=O)NC1CCCCCC1Cl. The van der Waals surface area contributed by atoms with Crippen LogP contribution >= 0.6 is 11.6 Å². The van der Waals surface area contributed by atoms with E-state index in [-0.39, 0.29) is 17.3 Å². The molecular weight excluding hydrogens is 274 g/mol. The Hall–Kier alpha value is -1.22. The first-order chi connectivity index (χ1) is 9.70. The van der Waals surface area contributed by atoms with Gasteiger partial charge >= 0.3 is 0 Å². The second kappa shape index (κ2) is 7.53. The van der Waals surface area contributed by atoms with Gasteiger partial charge < -0.3 is 10.1 Å². The Morgan fingerprint density at radius 2 is 2.05 bits per heavy atom. The first kappa shape index (κ1) is 15.2. The lowest BCUT2D eigenvalue weighted by Gasteiger charge is -2.21. The second-order valence-corrected chi connectivity index (χ2v) is 5.88. The van der Waals surface area contributed by atoms with E-state index in [9.17, 15) is 4.79 Å². The highest BCUT2D eigenvalue weighted by molar-refractivity contribution is 6.21. The number of ether oxygens (including phenoxy) is 1. The molecule has 3 nitrogen and oxygen atoms in total. The van der Waals surface area contributed by atoms with Crippen LogP contribution in [0.4, 0.5) is 0 Å². The normalized spacial score (nSPS) is 22.9. The Labute approximate surface area is 125 Å². The van der Waals surface area contributed by atoms with Crippen LogP contribution in [0.1, 0.15) is 37.7 Å². The summed E-state index contributed by atoms with van der Waals surface area (Å²) >= 11 is 6.35. The molecule has 20 heavy (non-hydrogen) atoms. The predicted octanol–water partition coefficient (Wildman–Crippen LogP) is 3.29. The Balaban J connectivity index is 1.94. The summed E-state index contributed by atoms with van der Waals surface area (Å²) in [4.78, 5) is 12.2. The van der Waals surface area contributed by atoms with Gasteiger partial charge in [0.25, 0.3) is 0 Å². The van der Waals surface area contributed by atoms with Crippen molar-refractivity contribution >= 4 is 17.5 Å². The van der Waals surface area contributed by atoms with Gasteiger partial charge in [-0.15, -0.1) is 11.6 Å². The predicted molar refractivity (Wildman–Crippen MR) is 81.4 cm³/mol. The second-order valence-electron chi connectivity index (χ2n) is 5.32. The molecule has 2 atom stereocenters. The highest BCUT2D eigenvalue weighted by Crippen LogP contribution is 2.23. The molecule has 2 unspecified atom stereocenters. The van der Waals surface area contributed by atoms with Crippen LogP contribution in [-0.4, -0.2) is 24.4 Å². The summed E-state index contributed by atoms with van der Waals surface area (Å²) in [6, 6.07) is 7.71. The van der Waals surface area contributed by atoms with Crippen molar-refractivity contribution in [2.75, 3.05) is 7.11 Å². The van der Waals surface area contributed by atoms with Crippen LogP contribution in [-0.2, 0) is 11.2 Å². The Kier molecular flexibility index (Phi) is 5.72. The van der Waals surface area contributed by atoms with Crippen LogP contribution in [0.3, 0.4) is 0 Å². The molecule has 1 aromatic rings. The van der Waals surface area contributed by atoms with Crippen molar-refractivity contribution in [2.45, 2.75) is 49.9 Å². The first-order valence-electron chi connectivity index (χ1n) is 7.26. The molecule has 1 fully saturated rings. The fourth-order valence-electron chi connectivity index (χ4n) is 2.70. The highest BCUT2D eigenvalue weighted by Gasteiger charge is 2.23. The summed E-state index contributed by atoms with van der Waals surface area (Å²) in [6.07, 6.45) is 5.81. The smallest absolute Gasteiger partial charge is 0.224 e. The number of carbonyl (C=O) groups excluding carboxylic acids is 1. The minimum Gasteiger partial charge on any atom is -0.496 e. The van der Waals surface area contributed by atoms with E-state index in [1.165, 1.54) is 6.42 Å². The Morgan fingerprint density at radius 1 is 1.30 bits per heavy atom. The van der Waals surface area contributed by atoms with Crippen molar-refractivity contribution in [1.82, 2.24) is 5.32 Å². The van der Waals surface area contributed by atoms with E-state index in [2.05, 4.69) is 5.32 Å².